The highest BCUT2D eigenvalue weighted by atomic mass is 35.5. The van der Waals surface area contributed by atoms with Crippen LogP contribution in [0.2, 0.25) is 5.02 Å². The zero-order valence-electron chi connectivity index (χ0n) is 14.4. The summed E-state index contributed by atoms with van der Waals surface area (Å²) in [6.45, 7) is 2.99. The molecule has 2 amide bonds. The molecule has 0 aliphatic carbocycles. The molecule has 0 aromatic heterocycles. The zero-order chi connectivity index (χ0) is 19.1. The molecule has 2 rings (SSSR count). The van der Waals surface area contributed by atoms with E-state index < -0.39 is 18.0 Å². The fourth-order valence-electron chi connectivity index (χ4n) is 2.11. The minimum Gasteiger partial charge on any atom is -0.451 e. The zero-order valence-corrected chi connectivity index (χ0v) is 15.2. The predicted octanol–water partition coefficient (Wildman–Crippen LogP) is 2.95. The number of rotatable bonds is 6. The first-order valence-corrected chi connectivity index (χ1v) is 8.34. The summed E-state index contributed by atoms with van der Waals surface area (Å²) in [6.07, 6.45) is -1.01. The monoisotopic (exact) mass is 374 g/mol. The van der Waals surface area contributed by atoms with Crippen molar-refractivity contribution in [1.29, 1.82) is 0 Å². The van der Waals surface area contributed by atoms with Crippen molar-refractivity contribution in [1.82, 2.24) is 5.32 Å². The van der Waals surface area contributed by atoms with Gasteiger partial charge < -0.3 is 15.4 Å². The molecule has 7 heteroatoms. The van der Waals surface area contributed by atoms with Gasteiger partial charge in [-0.25, -0.2) is 0 Å². The lowest BCUT2D eigenvalue weighted by Crippen LogP contribution is -2.35. The topological polar surface area (TPSA) is 84.5 Å². The summed E-state index contributed by atoms with van der Waals surface area (Å²) in [5, 5.41) is 5.62. The van der Waals surface area contributed by atoms with E-state index in [-0.39, 0.29) is 12.5 Å². The van der Waals surface area contributed by atoms with Crippen molar-refractivity contribution in [3.05, 3.63) is 64.7 Å². The van der Waals surface area contributed by atoms with E-state index in [1.54, 1.807) is 42.5 Å². The van der Waals surface area contributed by atoms with E-state index in [4.69, 9.17) is 16.3 Å². The molecule has 0 bridgehead atoms. The quantitative estimate of drug-likeness (QED) is 0.761. The number of nitrogens with one attached hydrogen (secondary N) is 2. The minimum absolute atomic E-state index is 0.328. The molecule has 0 unspecified atom stereocenters. The van der Waals surface area contributed by atoms with Gasteiger partial charge in [-0.15, -0.1) is 0 Å². The van der Waals surface area contributed by atoms with Crippen molar-refractivity contribution in [2.45, 2.75) is 20.0 Å². The molecule has 0 aliphatic rings. The van der Waals surface area contributed by atoms with Crippen LogP contribution in [0, 0.1) is 6.92 Å². The Labute approximate surface area is 156 Å². The number of halogens is 1. The molecule has 0 heterocycles. The van der Waals surface area contributed by atoms with Crippen molar-refractivity contribution in [3.8, 4) is 0 Å². The van der Waals surface area contributed by atoms with Crippen molar-refractivity contribution in [3.63, 3.8) is 0 Å². The number of benzene rings is 2. The van der Waals surface area contributed by atoms with Gasteiger partial charge in [0.25, 0.3) is 11.8 Å². The predicted molar refractivity (Wildman–Crippen MR) is 99.1 cm³/mol. The Morgan fingerprint density at radius 2 is 1.81 bits per heavy atom. The van der Waals surface area contributed by atoms with Gasteiger partial charge >= 0.3 is 5.97 Å². The summed E-state index contributed by atoms with van der Waals surface area (Å²) in [6, 6.07) is 13.5. The number of carbonyl (C=O) groups is 3. The maximum atomic E-state index is 12.0. The van der Waals surface area contributed by atoms with Crippen LogP contribution in [-0.2, 0) is 14.3 Å². The van der Waals surface area contributed by atoms with Gasteiger partial charge in [0.15, 0.2) is 6.10 Å². The lowest BCUT2D eigenvalue weighted by atomic mass is 10.1. The summed E-state index contributed by atoms with van der Waals surface area (Å²) in [5.41, 5.74) is 1.93. The average Bonchev–Trinajstić information content (AvgIpc) is 2.61. The molecule has 1 atom stereocenters. The van der Waals surface area contributed by atoms with Crippen molar-refractivity contribution in [2.75, 3.05) is 11.9 Å². The number of carbonyl (C=O) groups excluding carboxylic acids is 3. The van der Waals surface area contributed by atoms with Crippen LogP contribution in [0.5, 0.6) is 0 Å². The molecule has 2 N–H and O–H groups in total. The van der Waals surface area contributed by atoms with Gasteiger partial charge in [0, 0.05) is 16.3 Å². The summed E-state index contributed by atoms with van der Waals surface area (Å²) in [7, 11) is 0. The Bertz CT molecular complexity index is 805. The molecule has 0 spiro atoms. The third-order valence-corrected chi connectivity index (χ3v) is 3.71. The average molecular weight is 375 g/mol. The summed E-state index contributed by atoms with van der Waals surface area (Å²) in [5.74, 6) is -1.57. The first-order chi connectivity index (χ1) is 12.3. The van der Waals surface area contributed by atoms with Crippen LogP contribution in [0.4, 0.5) is 5.69 Å². The highest BCUT2D eigenvalue weighted by molar-refractivity contribution is 6.30. The van der Waals surface area contributed by atoms with Gasteiger partial charge in [-0.1, -0.05) is 29.3 Å². The van der Waals surface area contributed by atoms with E-state index in [0.717, 1.165) is 5.56 Å². The molecule has 2 aromatic rings. The maximum Gasteiger partial charge on any atom is 0.326 e. The largest absolute Gasteiger partial charge is 0.451 e. The molecule has 0 radical (unpaired) electrons. The number of hydrogen-bond donors (Lipinski definition) is 2. The molecule has 6 nitrogen and oxygen atoms in total. The summed E-state index contributed by atoms with van der Waals surface area (Å²) >= 11 is 5.78. The Kier molecular flexibility index (Phi) is 6.74. The second-order valence-electron chi connectivity index (χ2n) is 5.68. The number of ether oxygens (including phenoxy) is 1. The molecular weight excluding hydrogens is 356 g/mol. The van der Waals surface area contributed by atoms with Crippen LogP contribution in [0.25, 0.3) is 0 Å². The molecule has 0 saturated carbocycles. The number of aryl methyl sites for hydroxylation is 1. The Morgan fingerprint density at radius 3 is 2.46 bits per heavy atom. The molecule has 136 valence electrons. The molecule has 26 heavy (non-hydrogen) atoms. The van der Waals surface area contributed by atoms with E-state index in [2.05, 4.69) is 10.6 Å². The van der Waals surface area contributed by atoms with E-state index in [9.17, 15) is 14.4 Å². The van der Waals surface area contributed by atoms with Crippen LogP contribution in [-0.4, -0.2) is 30.4 Å². The third kappa shape index (κ3) is 5.89. The van der Waals surface area contributed by atoms with E-state index in [0.29, 0.717) is 16.3 Å². The molecule has 0 aliphatic heterocycles. The highest BCUT2D eigenvalue weighted by Crippen LogP contribution is 2.13. The SMILES string of the molecule is Cc1cccc(C(=O)NCC(=O)O[C@@H](C)C(=O)Nc2ccc(Cl)cc2)c1. The number of amides is 2. The number of hydrogen-bond acceptors (Lipinski definition) is 4. The standard InChI is InChI=1S/C19H19ClN2O4/c1-12-4-3-5-14(10-12)19(25)21-11-17(23)26-13(2)18(24)22-16-8-6-15(20)7-9-16/h3-10,13H,11H2,1-2H3,(H,21,25)(H,22,24)/t13-/m0/s1. The molecular formula is C19H19ClN2O4. The normalized spacial score (nSPS) is 11.3. The Hall–Kier alpha value is -2.86. The second-order valence-corrected chi connectivity index (χ2v) is 6.12. The number of esters is 1. The lowest BCUT2D eigenvalue weighted by Gasteiger charge is -2.14. The summed E-state index contributed by atoms with van der Waals surface area (Å²) in [4.78, 5) is 35.8. The maximum absolute atomic E-state index is 12.0. The third-order valence-electron chi connectivity index (χ3n) is 3.46. The van der Waals surface area contributed by atoms with E-state index in [1.165, 1.54) is 6.92 Å². The molecule has 0 fully saturated rings. The van der Waals surface area contributed by atoms with E-state index >= 15 is 0 Å². The van der Waals surface area contributed by atoms with Gasteiger partial charge in [0.1, 0.15) is 6.54 Å². The van der Waals surface area contributed by atoms with Crippen molar-refractivity contribution >= 4 is 35.1 Å². The first-order valence-electron chi connectivity index (χ1n) is 7.96. The fraction of sp³-hybridized carbons (Fsp3) is 0.211. The van der Waals surface area contributed by atoms with Crippen molar-refractivity contribution in [2.24, 2.45) is 0 Å². The lowest BCUT2D eigenvalue weighted by molar-refractivity contribution is -0.152. The van der Waals surface area contributed by atoms with E-state index in [1.807, 2.05) is 13.0 Å². The van der Waals surface area contributed by atoms with Gasteiger partial charge in [0.2, 0.25) is 0 Å². The van der Waals surface area contributed by atoms with Crippen LogP contribution in [0.1, 0.15) is 22.8 Å². The highest BCUT2D eigenvalue weighted by Gasteiger charge is 2.18. The second kappa shape index (κ2) is 9.01. The van der Waals surface area contributed by atoms with Gasteiger partial charge in [0.05, 0.1) is 0 Å². The Balaban J connectivity index is 1.80. The smallest absolute Gasteiger partial charge is 0.326 e. The van der Waals surface area contributed by atoms with Crippen LogP contribution in [0.3, 0.4) is 0 Å². The Morgan fingerprint density at radius 1 is 1.12 bits per heavy atom. The molecule has 2 aromatic carbocycles. The number of anilines is 1. The van der Waals surface area contributed by atoms with Crippen LogP contribution in [0.15, 0.2) is 48.5 Å². The molecule has 0 saturated heterocycles. The van der Waals surface area contributed by atoms with Gasteiger partial charge in [-0.05, 0) is 50.2 Å². The van der Waals surface area contributed by atoms with Gasteiger partial charge in [-0.3, -0.25) is 14.4 Å². The van der Waals surface area contributed by atoms with Gasteiger partial charge in [-0.2, -0.15) is 0 Å². The minimum atomic E-state index is -1.01. The first kappa shape index (κ1) is 19.5. The van der Waals surface area contributed by atoms with Crippen molar-refractivity contribution < 1.29 is 19.1 Å². The summed E-state index contributed by atoms with van der Waals surface area (Å²) < 4.78 is 5.03. The fourth-order valence-corrected chi connectivity index (χ4v) is 2.24. The van der Waals surface area contributed by atoms with Crippen LogP contribution >= 0.6 is 11.6 Å². The van der Waals surface area contributed by atoms with Crippen LogP contribution < -0.4 is 10.6 Å².